The van der Waals surface area contributed by atoms with Crippen LogP contribution in [0.4, 0.5) is 0 Å². The number of hydrogen-bond donors (Lipinski definition) is 1. The normalized spacial score (nSPS) is 20.7. The van der Waals surface area contributed by atoms with E-state index in [2.05, 4.69) is 0 Å². The van der Waals surface area contributed by atoms with E-state index in [-0.39, 0.29) is 5.97 Å². The second-order valence-electron chi connectivity index (χ2n) is 4.53. The Kier molecular flexibility index (Phi) is 5.69. The molecule has 15 heavy (non-hydrogen) atoms. The van der Waals surface area contributed by atoms with Crippen LogP contribution in [0.1, 0.15) is 44.9 Å². The fraction of sp³-hybridized carbons (Fsp3) is 0.917. The molecule has 1 saturated carbocycles. The molecule has 1 aliphatic carbocycles. The Balaban J connectivity index is 2.44. The highest BCUT2D eigenvalue weighted by Gasteiger charge is 2.24. The lowest BCUT2D eigenvalue weighted by atomic mass is 9.84. The number of rotatable bonds is 4. The lowest BCUT2D eigenvalue weighted by Gasteiger charge is -2.23. The fourth-order valence-corrected chi connectivity index (χ4v) is 2.52. The van der Waals surface area contributed by atoms with E-state index in [1.807, 2.05) is 0 Å². The molecule has 0 amide bonds. The van der Waals surface area contributed by atoms with Gasteiger partial charge in [-0.1, -0.05) is 38.5 Å². The van der Waals surface area contributed by atoms with Crippen molar-refractivity contribution in [1.29, 1.82) is 0 Å². The molecule has 0 aliphatic heterocycles. The predicted octanol–water partition coefficient (Wildman–Crippen LogP) is 2.09. The van der Waals surface area contributed by atoms with Crippen molar-refractivity contribution in [2.75, 3.05) is 13.7 Å². The summed E-state index contributed by atoms with van der Waals surface area (Å²) in [6.45, 7) is 0.611. The van der Waals surface area contributed by atoms with Crippen molar-refractivity contribution in [3.8, 4) is 0 Å². The molecule has 88 valence electrons. The van der Waals surface area contributed by atoms with E-state index < -0.39 is 0 Å². The van der Waals surface area contributed by atoms with E-state index >= 15 is 0 Å². The quantitative estimate of drug-likeness (QED) is 0.574. The van der Waals surface area contributed by atoms with Gasteiger partial charge < -0.3 is 10.5 Å². The van der Waals surface area contributed by atoms with Crippen molar-refractivity contribution in [1.82, 2.24) is 0 Å². The third kappa shape index (κ3) is 4.20. The molecule has 2 N–H and O–H groups in total. The zero-order chi connectivity index (χ0) is 11.1. The van der Waals surface area contributed by atoms with Gasteiger partial charge in [0.15, 0.2) is 0 Å². The van der Waals surface area contributed by atoms with E-state index in [1.165, 1.54) is 45.6 Å². The molecule has 3 heteroatoms. The van der Waals surface area contributed by atoms with E-state index in [4.69, 9.17) is 10.5 Å². The Hall–Kier alpha value is -0.570. The number of carbonyl (C=O) groups excluding carboxylic acids is 1. The average Bonchev–Trinajstić information content (AvgIpc) is 2.54. The van der Waals surface area contributed by atoms with Crippen LogP contribution in [0.15, 0.2) is 0 Å². The molecule has 0 spiro atoms. The lowest BCUT2D eigenvalue weighted by Crippen LogP contribution is -2.26. The molecule has 0 aromatic heterocycles. The van der Waals surface area contributed by atoms with Gasteiger partial charge in [-0.15, -0.1) is 0 Å². The first-order valence-corrected chi connectivity index (χ1v) is 6.04. The minimum Gasteiger partial charge on any atom is -0.469 e. The molecule has 1 unspecified atom stereocenters. The van der Waals surface area contributed by atoms with Crippen molar-refractivity contribution in [2.45, 2.75) is 44.9 Å². The summed E-state index contributed by atoms with van der Waals surface area (Å²) in [6, 6.07) is 0. The van der Waals surface area contributed by atoms with Crippen molar-refractivity contribution in [3.63, 3.8) is 0 Å². The molecule has 1 rings (SSSR count). The first-order valence-electron chi connectivity index (χ1n) is 6.04. The summed E-state index contributed by atoms with van der Waals surface area (Å²) < 4.78 is 4.71. The lowest BCUT2D eigenvalue weighted by molar-refractivity contribution is -0.142. The zero-order valence-electron chi connectivity index (χ0n) is 9.71. The summed E-state index contributed by atoms with van der Waals surface area (Å²) in [7, 11) is 1.45. The third-order valence-corrected chi connectivity index (χ3v) is 3.53. The highest BCUT2D eigenvalue weighted by molar-refractivity contribution is 5.69. The van der Waals surface area contributed by atoms with Crippen LogP contribution in [0.25, 0.3) is 0 Å². The molecule has 0 bridgehead atoms. The van der Waals surface area contributed by atoms with Gasteiger partial charge in [-0.2, -0.15) is 0 Å². The number of nitrogens with two attached hydrogens (primary N) is 1. The maximum absolute atomic E-state index is 11.2. The smallest absolute Gasteiger partial charge is 0.305 e. The fourth-order valence-electron chi connectivity index (χ4n) is 2.52. The number of ether oxygens (including phenoxy) is 1. The van der Waals surface area contributed by atoms with Gasteiger partial charge in [0.1, 0.15) is 0 Å². The van der Waals surface area contributed by atoms with Crippen LogP contribution < -0.4 is 5.73 Å². The van der Waals surface area contributed by atoms with Gasteiger partial charge in [0, 0.05) is 6.42 Å². The van der Waals surface area contributed by atoms with Crippen LogP contribution in [-0.2, 0) is 9.53 Å². The Bertz CT molecular complexity index is 186. The number of hydrogen-bond acceptors (Lipinski definition) is 3. The summed E-state index contributed by atoms with van der Waals surface area (Å²) in [6.07, 6.45) is 8.23. The van der Waals surface area contributed by atoms with Crippen molar-refractivity contribution < 1.29 is 9.53 Å². The van der Waals surface area contributed by atoms with Gasteiger partial charge in [0.2, 0.25) is 0 Å². The molecule has 0 saturated heterocycles. The van der Waals surface area contributed by atoms with Gasteiger partial charge in [0.05, 0.1) is 7.11 Å². The van der Waals surface area contributed by atoms with Gasteiger partial charge in [-0.25, -0.2) is 0 Å². The molecule has 1 atom stereocenters. The highest BCUT2D eigenvalue weighted by atomic mass is 16.5. The van der Waals surface area contributed by atoms with Gasteiger partial charge in [-0.05, 0) is 18.4 Å². The summed E-state index contributed by atoms with van der Waals surface area (Å²) in [5, 5.41) is 0. The second-order valence-corrected chi connectivity index (χ2v) is 4.53. The Labute approximate surface area is 92.4 Å². The molecule has 0 radical (unpaired) electrons. The molecule has 1 aliphatic rings. The summed E-state index contributed by atoms with van der Waals surface area (Å²) >= 11 is 0. The standard InChI is InChI=1S/C12H23NO2/c1-15-12(14)8-11(9-13)10-6-4-2-3-5-7-10/h10-11H,2-9,13H2,1H3. The monoisotopic (exact) mass is 213 g/mol. The molecular weight excluding hydrogens is 190 g/mol. The van der Waals surface area contributed by atoms with Crippen LogP contribution in [0.5, 0.6) is 0 Å². The third-order valence-electron chi connectivity index (χ3n) is 3.53. The molecule has 0 heterocycles. The second kappa shape index (κ2) is 6.83. The zero-order valence-corrected chi connectivity index (χ0v) is 9.71. The first kappa shape index (κ1) is 12.5. The van der Waals surface area contributed by atoms with Crippen molar-refractivity contribution in [3.05, 3.63) is 0 Å². The Morgan fingerprint density at radius 1 is 1.33 bits per heavy atom. The van der Waals surface area contributed by atoms with E-state index in [1.54, 1.807) is 0 Å². The Morgan fingerprint density at radius 3 is 2.40 bits per heavy atom. The van der Waals surface area contributed by atoms with Crippen LogP contribution in [0, 0.1) is 11.8 Å². The number of esters is 1. The summed E-state index contributed by atoms with van der Waals surface area (Å²) in [5.74, 6) is 0.849. The van der Waals surface area contributed by atoms with Crippen LogP contribution in [0.3, 0.4) is 0 Å². The molecular formula is C12H23NO2. The van der Waals surface area contributed by atoms with E-state index in [0.29, 0.717) is 24.8 Å². The Morgan fingerprint density at radius 2 is 1.93 bits per heavy atom. The van der Waals surface area contributed by atoms with Crippen LogP contribution >= 0.6 is 0 Å². The minimum absolute atomic E-state index is 0.116. The maximum atomic E-state index is 11.2. The topological polar surface area (TPSA) is 52.3 Å². The van der Waals surface area contributed by atoms with Crippen LogP contribution in [0.2, 0.25) is 0 Å². The largest absolute Gasteiger partial charge is 0.469 e. The van der Waals surface area contributed by atoms with Gasteiger partial charge >= 0.3 is 5.97 Å². The molecule has 1 fully saturated rings. The van der Waals surface area contributed by atoms with Crippen molar-refractivity contribution in [2.24, 2.45) is 17.6 Å². The number of carbonyl (C=O) groups is 1. The molecule has 0 aromatic carbocycles. The van der Waals surface area contributed by atoms with Gasteiger partial charge in [0.25, 0.3) is 0 Å². The molecule has 0 aromatic rings. The average molecular weight is 213 g/mol. The van der Waals surface area contributed by atoms with E-state index in [0.717, 1.165) is 0 Å². The summed E-state index contributed by atoms with van der Waals surface area (Å²) in [4.78, 5) is 11.2. The minimum atomic E-state index is -0.116. The van der Waals surface area contributed by atoms with E-state index in [9.17, 15) is 4.79 Å². The van der Waals surface area contributed by atoms with Gasteiger partial charge in [-0.3, -0.25) is 4.79 Å². The molecule has 3 nitrogen and oxygen atoms in total. The predicted molar refractivity (Wildman–Crippen MR) is 60.4 cm³/mol. The number of methoxy groups -OCH3 is 1. The highest BCUT2D eigenvalue weighted by Crippen LogP contribution is 2.30. The SMILES string of the molecule is COC(=O)CC(CN)C1CCCCCC1. The summed E-state index contributed by atoms with van der Waals surface area (Å²) in [5.41, 5.74) is 5.75. The maximum Gasteiger partial charge on any atom is 0.305 e. The first-order chi connectivity index (χ1) is 7.27. The van der Waals surface area contributed by atoms with Crippen molar-refractivity contribution >= 4 is 5.97 Å². The van der Waals surface area contributed by atoms with Crippen LogP contribution in [-0.4, -0.2) is 19.6 Å².